The van der Waals surface area contributed by atoms with Crippen LogP contribution in [0.15, 0.2) is 43.1 Å². The van der Waals surface area contributed by atoms with Crippen LogP contribution in [0.1, 0.15) is 43.4 Å². The zero-order chi connectivity index (χ0) is 35.0. The molecule has 6 rings (SSSR count). The van der Waals surface area contributed by atoms with E-state index in [1.54, 1.807) is 24.5 Å². The number of alkyl halides is 3. The van der Waals surface area contributed by atoms with Gasteiger partial charge in [0.25, 0.3) is 0 Å². The molecule has 0 aromatic carbocycles. The van der Waals surface area contributed by atoms with Crippen molar-refractivity contribution in [2.75, 3.05) is 31.6 Å². The fourth-order valence-corrected chi connectivity index (χ4v) is 7.79. The number of hydrogen-bond acceptors (Lipinski definition) is 9. The SMILES string of the molecule is CN(c1cc(CO)cc(C(F)(F)F)n1)C1CCN(C2CC(CC#N)(n3cc(-c4ncnc5c4ccn5COCC[Si](C)(C)C)cn3)C2)CC1. The van der Waals surface area contributed by atoms with Crippen LogP contribution in [0.4, 0.5) is 19.0 Å². The summed E-state index contributed by atoms with van der Waals surface area (Å²) in [5.41, 5.74) is 1.22. The molecule has 4 aromatic heterocycles. The predicted molar refractivity (Wildman–Crippen MR) is 182 cm³/mol. The number of fused-ring (bicyclic) bond motifs is 1. The lowest BCUT2D eigenvalue weighted by Gasteiger charge is -2.52. The minimum atomic E-state index is -4.59. The molecule has 0 unspecified atom stereocenters. The third kappa shape index (κ3) is 7.52. The summed E-state index contributed by atoms with van der Waals surface area (Å²) in [6, 6.07) is 8.20. The largest absolute Gasteiger partial charge is 0.433 e. The number of nitrogens with zero attached hydrogens (tertiary/aromatic N) is 9. The van der Waals surface area contributed by atoms with Crippen molar-refractivity contribution in [3.8, 4) is 17.3 Å². The molecular formula is C34H44F3N9O2Si. The molecule has 1 aliphatic heterocycles. The second-order valence-corrected chi connectivity index (χ2v) is 20.3. The minimum absolute atomic E-state index is 0.0210. The van der Waals surface area contributed by atoms with E-state index in [0.717, 1.165) is 79.8 Å². The van der Waals surface area contributed by atoms with Crippen LogP contribution >= 0.6 is 0 Å². The Morgan fingerprint density at radius 3 is 2.59 bits per heavy atom. The third-order valence-corrected chi connectivity index (χ3v) is 11.7. The predicted octanol–water partition coefficient (Wildman–Crippen LogP) is 5.89. The number of anilines is 1. The summed E-state index contributed by atoms with van der Waals surface area (Å²) >= 11 is 0. The van der Waals surface area contributed by atoms with E-state index < -0.39 is 32.1 Å². The fourth-order valence-electron chi connectivity index (χ4n) is 7.03. The maximum atomic E-state index is 13.4. The monoisotopic (exact) mass is 695 g/mol. The Hall–Kier alpha value is -3.84. The Kier molecular flexibility index (Phi) is 9.87. The number of ether oxygens (including phenoxy) is 1. The van der Waals surface area contributed by atoms with Crippen LogP contribution in [0.25, 0.3) is 22.3 Å². The van der Waals surface area contributed by atoms with Gasteiger partial charge in [0.1, 0.15) is 30.2 Å². The number of piperidine rings is 1. The van der Waals surface area contributed by atoms with E-state index in [-0.39, 0.29) is 23.5 Å². The molecule has 0 amide bonds. The number of likely N-dealkylation sites (tertiary alicyclic amines) is 1. The van der Waals surface area contributed by atoms with Gasteiger partial charge in [-0.15, -0.1) is 0 Å². The average Bonchev–Trinajstić information content (AvgIpc) is 3.71. The summed E-state index contributed by atoms with van der Waals surface area (Å²) in [6.45, 7) is 9.23. The van der Waals surface area contributed by atoms with Crippen LogP contribution in [0.5, 0.6) is 0 Å². The van der Waals surface area contributed by atoms with Crippen molar-refractivity contribution in [1.29, 1.82) is 5.26 Å². The normalized spacial score (nSPS) is 20.8. The summed E-state index contributed by atoms with van der Waals surface area (Å²) in [6.07, 6.45) is 6.17. The number of rotatable bonds is 12. The van der Waals surface area contributed by atoms with E-state index in [1.807, 2.05) is 27.7 Å². The van der Waals surface area contributed by atoms with Crippen molar-refractivity contribution >= 4 is 24.9 Å². The molecule has 1 saturated carbocycles. The van der Waals surface area contributed by atoms with Gasteiger partial charge < -0.3 is 24.2 Å². The lowest BCUT2D eigenvalue weighted by atomic mass is 9.69. The molecule has 0 radical (unpaired) electrons. The maximum Gasteiger partial charge on any atom is 0.433 e. The summed E-state index contributed by atoms with van der Waals surface area (Å²) < 4.78 is 50.2. The number of hydrogen-bond donors (Lipinski definition) is 1. The number of aromatic nitrogens is 6. The average molecular weight is 696 g/mol. The molecule has 2 fully saturated rings. The molecular weight excluding hydrogens is 652 g/mol. The molecule has 0 spiro atoms. The number of pyridine rings is 1. The van der Waals surface area contributed by atoms with E-state index in [9.17, 15) is 23.5 Å². The molecule has 2 aliphatic rings. The molecule has 15 heteroatoms. The molecule has 11 nitrogen and oxygen atoms in total. The zero-order valence-corrected chi connectivity index (χ0v) is 29.5. The molecule has 4 aromatic rings. The first-order valence-corrected chi connectivity index (χ1v) is 20.5. The van der Waals surface area contributed by atoms with Crippen molar-refractivity contribution in [1.82, 2.24) is 34.2 Å². The van der Waals surface area contributed by atoms with Gasteiger partial charge in [-0.25, -0.2) is 15.0 Å². The molecule has 5 heterocycles. The van der Waals surface area contributed by atoms with Crippen LogP contribution in [-0.2, 0) is 29.8 Å². The first-order valence-electron chi connectivity index (χ1n) is 16.8. The van der Waals surface area contributed by atoms with Gasteiger partial charge in [0.15, 0.2) is 0 Å². The Morgan fingerprint density at radius 2 is 1.92 bits per heavy atom. The highest BCUT2D eigenvalue weighted by Gasteiger charge is 2.49. The summed E-state index contributed by atoms with van der Waals surface area (Å²) in [5.74, 6) is 0.215. The van der Waals surface area contributed by atoms with Crippen molar-refractivity contribution in [3.05, 3.63) is 54.4 Å². The standard InChI is InChI=1S/C34H44F3N9O2Si/c1-43(30-16-24(21-47)15-29(42-30)34(35,36)37)26-5-10-44(11-6-26)27-17-33(18-27,8-9-38)46-20-25(19-41-46)31-28-7-12-45(32(28)40-22-39-31)23-48-13-14-49(2,3)4/h7,12,15-16,19-20,22,26-27,47H,5-6,8,10-11,13-14,17-18,21,23H2,1-4H3. The topological polar surface area (TPSA) is 121 Å². The van der Waals surface area contributed by atoms with Gasteiger partial charge in [-0.3, -0.25) is 4.68 Å². The van der Waals surface area contributed by atoms with Crippen LogP contribution in [0.3, 0.4) is 0 Å². The number of aliphatic hydroxyl groups excluding tert-OH is 1. The number of halogens is 3. The number of nitriles is 1. The zero-order valence-electron chi connectivity index (χ0n) is 28.5. The van der Waals surface area contributed by atoms with Gasteiger partial charge in [-0.05, 0) is 55.5 Å². The highest BCUT2D eigenvalue weighted by molar-refractivity contribution is 6.76. The van der Waals surface area contributed by atoms with Crippen LogP contribution in [0, 0.1) is 11.3 Å². The van der Waals surface area contributed by atoms with Crippen molar-refractivity contribution in [3.63, 3.8) is 0 Å². The summed E-state index contributed by atoms with van der Waals surface area (Å²) in [7, 11) is 0.591. The van der Waals surface area contributed by atoms with E-state index in [2.05, 4.69) is 45.6 Å². The lowest BCUT2D eigenvalue weighted by molar-refractivity contribution is -0.141. The van der Waals surface area contributed by atoms with E-state index >= 15 is 0 Å². The van der Waals surface area contributed by atoms with Gasteiger partial charge in [-0.2, -0.15) is 23.5 Å². The van der Waals surface area contributed by atoms with Gasteiger partial charge in [0.2, 0.25) is 0 Å². The van der Waals surface area contributed by atoms with Crippen molar-refractivity contribution in [2.24, 2.45) is 0 Å². The molecule has 1 aliphatic carbocycles. The second kappa shape index (κ2) is 13.8. The van der Waals surface area contributed by atoms with Crippen molar-refractivity contribution < 1.29 is 23.0 Å². The first-order chi connectivity index (χ1) is 23.3. The molecule has 0 atom stereocenters. The Balaban J connectivity index is 1.09. The number of aliphatic hydroxyl groups is 1. The highest BCUT2D eigenvalue weighted by atomic mass is 28.3. The van der Waals surface area contributed by atoms with Crippen molar-refractivity contribution in [2.45, 2.75) is 94.9 Å². The van der Waals surface area contributed by atoms with E-state index in [0.29, 0.717) is 13.2 Å². The van der Waals surface area contributed by atoms with Gasteiger partial charge in [0, 0.05) is 70.2 Å². The Morgan fingerprint density at radius 1 is 1.16 bits per heavy atom. The Labute approximate surface area is 285 Å². The highest BCUT2D eigenvalue weighted by Crippen LogP contribution is 2.46. The third-order valence-electron chi connectivity index (χ3n) is 10.0. The molecule has 1 N–H and O–H groups in total. The smallest absolute Gasteiger partial charge is 0.392 e. The van der Waals surface area contributed by atoms with E-state index in [4.69, 9.17) is 9.84 Å². The fraction of sp³-hybridized carbons (Fsp3) is 0.559. The van der Waals surface area contributed by atoms with Gasteiger partial charge in [-0.1, -0.05) is 19.6 Å². The quantitative estimate of drug-likeness (QED) is 0.143. The van der Waals surface area contributed by atoms with Crippen LogP contribution < -0.4 is 4.90 Å². The lowest BCUT2D eigenvalue weighted by Crippen LogP contribution is -2.58. The summed E-state index contributed by atoms with van der Waals surface area (Å²) in [5, 5.41) is 25.0. The van der Waals surface area contributed by atoms with Gasteiger partial charge >= 0.3 is 6.18 Å². The van der Waals surface area contributed by atoms with E-state index in [1.165, 1.54) is 6.07 Å². The molecule has 1 saturated heterocycles. The second-order valence-electron chi connectivity index (χ2n) is 14.6. The van der Waals surface area contributed by atoms with Gasteiger partial charge in [0.05, 0.1) is 36.5 Å². The minimum Gasteiger partial charge on any atom is -0.392 e. The van der Waals surface area contributed by atoms with Crippen LogP contribution in [0.2, 0.25) is 25.7 Å². The summed E-state index contributed by atoms with van der Waals surface area (Å²) in [4.78, 5) is 17.2. The maximum absolute atomic E-state index is 13.4. The first kappa shape index (κ1) is 35.0. The Bertz CT molecular complexity index is 1800. The molecule has 262 valence electrons. The molecule has 0 bridgehead atoms. The van der Waals surface area contributed by atoms with Crippen LogP contribution in [-0.4, -0.2) is 86.2 Å². The molecule has 49 heavy (non-hydrogen) atoms.